The third kappa shape index (κ3) is 1.65. The largest absolute Gasteiger partial charge is 0.493 e. The Balaban J connectivity index is 2.09. The Morgan fingerprint density at radius 1 is 1.21 bits per heavy atom. The van der Waals surface area contributed by atoms with Crippen molar-refractivity contribution in [3.63, 3.8) is 0 Å². The molecule has 6 heteroatoms. The summed E-state index contributed by atoms with van der Waals surface area (Å²) in [4.78, 5) is 27.0. The van der Waals surface area contributed by atoms with Crippen LogP contribution < -0.4 is 16.2 Å². The summed E-state index contributed by atoms with van der Waals surface area (Å²) in [5.41, 5.74) is 7.47. The molecule has 6 nitrogen and oxygen atoms in total. The fourth-order valence-electron chi connectivity index (χ4n) is 2.23. The second kappa shape index (κ2) is 3.88. The molecule has 3 rings (SSSR count). The van der Waals surface area contributed by atoms with Crippen molar-refractivity contribution in [2.24, 2.45) is 0 Å². The number of hydrogen-bond acceptors (Lipinski definition) is 4. The maximum absolute atomic E-state index is 12.3. The van der Waals surface area contributed by atoms with E-state index in [1.165, 1.54) is 17.0 Å². The van der Waals surface area contributed by atoms with Gasteiger partial charge in [-0.2, -0.15) is 0 Å². The Morgan fingerprint density at radius 3 is 2.68 bits per heavy atom. The normalized spacial score (nSPS) is 13.7. The van der Waals surface area contributed by atoms with Crippen LogP contribution >= 0.6 is 0 Å². The lowest BCUT2D eigenvalue weighted by Gasteiger charge is -2.16. The van der Waals surface area contributed by atoms with Crippen LogP contribution in [0.5, 0.6) is 5.88 Å². The lowest BCUT2D eigenvalue weighted by atomic mass is 10.1. The minimum Gasteiger partial charge on any atom is -0.493 e. The number of pyridine rings is 1. The number of nitrogens with two attached hydrogens (primary N) is 1. The van der Waals surface area contributed by atoms with Gasteiger partial charge in [-0.05, 0) is 18.2 Å². The maximum Gasteiger partial charge on any atom is 0.259 e. The first-order valence-electron chi connectivity index (χ1n) is 5.69. The monoisotopic (exact) mass is 257 g/mol. The third-order valence-corrected chi connectivity index (χ3v) is 3.17. The highest BCUT2D eigenvalue weighted by molar-refractivity contribution is 6.11. The molecule has 0 aliphatic carbocycles. The average molecular weight is 257 g/mol. The molecular formula is C13H11N3O3. The summed E-state index contributed by atoms with van der Waals surface area (Å²) >= 11 is 0. The number of anilines is 2. The summed E-state index contributed by atoms with van der Waals surface area (Å²) in [7, 11) is 0. The van der Waals surface area contributed by atoms with Crippen LogP contribution in [0.3, 0.4) is 0 Å². The fourth-order valence-corrected chi connectivity index (χ4v) is 2.23. The van der Waals surface area contributed by atoms with Gasteiger partial charge in [0.05, 0.1) is 6.54 Å². The molecule has 0 saturated heterocycles. The Morgan fingerprint density at radius 2 is 2.00 bits per heavy atom. The zero-order valence-electron chi connectivity index (χ0n) is 9.88. The van der Waals surface area contributed by atoms with Crippen LogP contribution in [0.15, 0.2) is 35.1 Å². The van der Waals surface area contributed by atoms with E-state index in [4.69, 9.17) is 5.73 Å². The molecule has 1 aliphatic rings. The summed E-state index contributed by atoms with van der Waals surface area (Å²) < 4.78 is 0. The van der Waals surface area contributed by atoms with E-state index in [1.54, 1.807) is 18.2 Å². The number of carbonyl (C=O) groups excluding carboxylic acids is 1. The number of nitrogens with zero attached hydrogens (tertiary/aromatic N) is 1. The number of aromatic amines is 1. The highest BCUT2D eigenvalue weighted by atomic mass is 16.3. The van der Waals surface area contributed by atoms with Crippen molar-refractivity contribution in [1.82, 2.24) is 4.98 Å². The molecule has 96 valence electrons. The van der Waals surface area contributed by atoms with Crippen LogP contribution in [0.25, 0.3) is 0 Å². The Bertz CT molecular complexity index is 736. The third-order valence-electron chi connectivity index (χ3n) is 3.17. The summed E-state index contributed by atoms with van der Waals surface area (Å²) in [6.07, 6.45) is 0. The number of aromatic hydroxyl groups is 1. The second-order valence-electron chi connectivity index (χ2n) is 4.32. The molecule has 4 N–H and O–H groups in total. The standard InChI is InChI=1S/C13H11N3O3/c14-9-3-1-2-7-8(9)6-16(13(7)19)10-4-5-11(17)15-12(10)18/h1-5H,6,14H2,(H2,15,17,18). The van der Waals surface area contributed by atoms with Gasteiger partial charge in [0.15, 0.2) is 0 Å². The molecular weight excluding hydrogens is 246 g/mol. The molecule has 0 bridgehead atoms. The van der Waals surface area contributed by atoms with Crippen LogP contribution in [0.4, 0.5) is 11.4 Å². The molecule has 0 saturated carbocycles. The summed E-state index contributed by atoms with van der Waals surface area (Å²) in [5.74, 6) is -0.572. The van der Waals surface area contributed by atoms with E-state index >= 15 is 0 Å². The first kappa shape index (κ1) is 11.3. The van der Waals surface area contributed by atoms with Crippen molar-refractivity contribution >= 4 is 17.3 Å². The van der Waals surface area contributed by atoms with Crippen LogP contribution in [-0.2, 0) is 6.54 Å². The number of nitrogen functional groups attached to an aromatic ring is 1. The SMILES string of the molecule is Nc1cccc2c1CN(c1ccc(=O)[nH]c1O)C2=O. The van der Waals surface area contributed by atoms with Gasteiger partial charge in [-0.25, -0.2) is 0 Å². The van der Waals surface area contributed by atoms with Gasteiger partial charge in [-0.3, -0.25) is 19.5 Å². The molecule has 0 atom stereocenters. The molecule has 2 aromatic rings. The molecule has 1 aliphatic heterocycles. The van der Waals surface area contributed by atoms with Gasteiger partial charge in [0, 0.05) is 22.9 Å². The molecule has 1 amide bonds. The number of amides is 1. The van der Waals surface area contributed by atoms with Crippen molar-refractivity contribution < 1.29 is 9.90 Å². The van der Waals surface area contributed by atoms with Gasteiger partial charge < -0.3 is 10.8 Å². The fraction of sp³-hybridized carbons (Fsp3) is 0.0769. The molecule has 0 spiro atoms. The first-order chi connectivity index (χ1) is 9.08. The topological polar surface area (TPSA) is 99.4 Å². The smallest absolute Gasteiger partial charge is 0.259 e. The van der Waals surface area contributed by atoms with Crippen molar-refractivity contribution in [1.29, 1.82) is 0 Å². The lowest BCUT2D eigenvalue weighted by Crippen LogP contribution is -2.24. The number of hydrogen-bond donors (Lipinski definition) is 3. The van der Waals surface area contributed by atoms with Gasteiger partial charge in [0.1, 0.15) is 5.69 Å². The predicted octanol–water partition coefficient (Wildman–Crippen LogP) is 0.823. The van der Waals surface area contributed by atoms with Gasteiger partial charge in [0.2, 0.25) is 5.88 Å². The summed E-state index contributed by atoms with van der Waals surface area (Å²) in [6, 6.07) is 7.80. The molecule has 1 aromatic carbocycles. The van der Waals surface area contributed by atoms with Crippen LogP contribution in [0, 0.1) is 0 Å². The molecule has 19 heavy (non-hydrogen) atoms. The molecule has 0 radical (unpaired) electrons. The number of carbonyl (C=O) groups is 1. The number of aromatic nitrogens is 1. The van der Waals surface area contributed by atoms with E-state index in [2.05, 4.69) is 4.98 Å². The Labute approximate surface area is 108 Å². The number of fused-ring (bicyclic) bond motifs is 1. The number of rotatable bonds is 1. The highest BCUT2D eigenvalue weighted by Gasteiger charge is 2.31. The second-order valence-corrected chi connectivity index (χ2v) is 4.32. The lowest BCUT2D eigenvalue weighted by molar-refractivity contribution is 0.0995. The number of H-pyrrole nitrogens is 1. The van der Waals surface area contributed by atoms with E-state index < -0.39 is 5.56 Å². The van der Waals surface area contributed by atoms with Crippen molar-refractivity contribution in [2.45, 2.75) is 6.54 Å². The van der Waals surface area contributed by atoms with Crippen LogP contribution in [-0.4, -0.2) is 16.0 Å². The van der Waals surface area contributed by atoms with Gasteiger partial charge in [-0.15, -0.1) is 0 Å². The van der Waals surface area contributed by atoms with Crippen molar-refractivity contribution in [3.8, 4) is 5.88 Å². The van der Waals surface area contributed by atoms with E-state index in [0.717, 1.165) is 5.56 Å². The van der Waals surface area contributed by atoms with Gasteiger partial charge >= 0.3 is 0 Å². The molecule has 0 fully saturated rings. The summed E-state index contributed by atoms with van der Waals surface area (Å²) in [6.45, 7) is 0.278. The first-order valence-corrected chi connectivity index (χ1v) is 5.69. The minimum atomic E-state index is -0.426. The summed E-state index contributed by atoms with van der Waals surface area (Å²) in [5, 5.41) is 9.74. The van der Waals surface area contributed by atoms with E-state index in [9.17, 15) is 14.7 Å². The van der Waals surface area contributed by atoms with E-state index in [1.807, 2.05) is 0 Å². The zero-order chi connectivity index (χ0) is 13.6. The average Bonchev–Trinajstić information content (AvgIpc) is 2.69. The quantitative estimate of drug-likeness (QED) is 0.658. The van der Waals surface area contributed by atoms with E-state index in [0.29, 0.717) is 11.3 Å². The van der Waals surface area contributed by atoms with Gasteiger partial charge in [-0.1, -0.05) is 6.07 Å². The molecule has 0 unspecified atom stereocenters. The van der Waals surface area contributed by atoms with Gasteiger partial charge in [0.25, 0.3) is 11.5 Å². The van der Waals surface area contributed by atoms with Crippen molar-refractivity contribution in [2.75, 3.05) is 10.6 Å². The zero-order valence-corrected chi connectivity index (χ0v) is 9.88. The van der Waals surface area contributed by atoms with Crippen LogP contribution in [0.1, 0.15) is 15.9 Å². The predicted molar refractivity (Wildman–Crippen MR) is 70.1 cm³/mol. The van der Waals surface area contributed by atoms with Crippen molar-refractivity contribution in [3.05, 3.63) is 51.8 Å². The van der Waals surface area contributed by atoms with E-state index in [-0.39, 0.29) is 24.0 Å². The Kier molecular flexibility index (Phi) is 2.31. The minimum absolute atomic E-state index is 0.246. The number of benzene rings is 1. The molecule has 1 aromatic heterocycles. The number of nitrogens with one attached hydrogen (secondary N) is 1. The van der Waals surface area contributed by atoms with Crippen LogP contribution in [0.2, 0.25) is 0 Å². The Hall–Kier alpha value is -2.76. The highest BCUT2D eigenvalue weighted by Crippen LogP contribution is 2.34. The molecule has 2 heterocycles. The maximum atomic E-state index is 12.3.